The van der Waals surface area contributed by atoms with Crippen molar-refractivity contribution in [3.8, 4) is 0 Å². The summed E-state index contributed by atoms with van der Waals surface area (Å²) >= 11 is 0.957. The zero-order valence-electron chi connectivity index (χ0n) is 19.9. The molecular weight excluding hydrogens is 472 g/mol. The number of hydrogen-bond donors (Lipinski definition) is 2. The maximum atomic E-state index is 14.8. The predicted molar refractivity (Wildman–Crippen MR) is 127 cm³/mol. The van der Waals surface area contributed by atoms with Gasteiger partial charge in [0.05, 0.1) is 16.5 Å². The number of halogens is 4. The Bertz CT molecular complexity index is 903. The van der Waals surface area contributed by atoms with Crippen LogP contribution in [0.25, 0.3) is 0 Å². The fourth-order valence-corrected chi connectivity index (χ4v) is 4.64. The zero-order chi connectivity index (χ0) is 25.6. The highest BCUT2D eigenvalue weighted by Crippen LogP contribution is 2.37. The molecule has 1 saturated carbocycles. The minimum Gasteiger partial charge on any atom is -0.364 e. The Labute approximate surface area is 201 Å². The number of carbonyl (C=O) groups is 1. The van der Waals surface area contributed by atoms with E-state index < -0.39 is 34.9 Å². The number of nitroso groups, excluding NO2 is 1. The molecule has 0 aliphatic heterocycles. The summed E-state index contributed by atoms with van der Waals surface area (Å²) in [4.78, 5) is 27.7. The third kappa shape index (κ3) is 7.95. The van der Waals surface area contributed by atoms with Crippen LogP contribution in [0.3, 0.4) is 0 Å². The standard InChI is InChI=1S/C23H32F4N4O2S/c1-5-8-17(20(32)29-14-21(2,3)31-33)34-13-15-12-28-19(11-16(15)23(25,26)27)30-18-9-6-7-10-22(18,4)24/h8,11-12,18H,5-7,9-10,13-14H2,1-4H3,(H,28,30)(H,29,32)/b17-8+. The van der Waals surface area contributed by atoms with E-state index in [0.717, 1.165) is 36.9 Å². The number of amides is 1. The average molecular weight is 505 g/mol. The number of aromatic nitrogens is 1. The lowest BCUT2D eigenvalue weighted by atomic mass is 9.83. The Morgan fingerprint density at radius 1 is 1.35 bits per heavy atom. The van der Waals surface area contributed by atoms with E-state index in [4.69, 9.17) is 0 Å². The van der Waals surface area contributed by atoms with E-state index in [-0.39, 0.29) is 28.6 Å². The molecule has 1 aliphatic carbocycles. The van der Waals surface area contributed by atoms with Gasteiger partial charge < -0.3 is 10.6 Å². The summed E-state index contributed by atoms with van der Waals surface area (Å²) in [6.07, 6.45) is 1.00. The van der Waals surface area contributed by atoms with Crippen LogP contribution in [-0.4, -0.2) is 34.7 Å². The number of thioether (sulfide) groups is 1. The number of rotatable bonds is 10. The molecule has 1 fully saturated rings. The molecule has 6 nitrogen and oxygen atoms in total. The second-order valence-corrected chi connectivity index (χ2v) is 10.3. The molecule has 0 spiro atoms. The minimum absolute atomic E-state index is 0.00132. The van der Waals surface area contributed by atoms with Crippen molar-refractivity contribution in [2.45, 2.75) is 89.0 Å². The lowest BCUT2D eigenvalue weighted by Gasteiger charge is -2.35. The van der Waals surface area contributed by atoms with Crippen molar-refractivity contribution >= 4 is 23.5 Å². The summed E-state index contributed by atoms with van der Waals surface area (Å²) < 4.78 is 56.2. The Hall–Kier alpha value is -2.17. The number of hydrogen-bond acceptors (Lipinski definition) is 6. The van der Waals surface area contributed by atoms with E-state index in [1.807, 2.05) is 0 Å². The SMILES string of the molecule is CC/C=C(/SCc1cnc(NC2CCCCC2(C)F)cc1C(F)(F)F)C(=O)NCC(C)(C)N=O. The number of pyridine rings is 1. The van der Waals surface area contributed by atoms with Gasteiger partial charge in [-0.05, 0) is 51.7 Å². The molecule has 1 aromatic rings. The molecule has 1 aromatic heterocycles. The van der Waals surface area contributed by atoms with Crippen molar-refractivity contribution in [1.82, 2.24) is 10.3 Å². The van der Waals surface area contributed by atoms with Gasteiger partial charge in [-0.1, -0.05) is 31.0 Å². The number of alkyl halides is 4. The molecule has 2 unspecified atom stereocenters. The fraction of sp³-hybridized carbons (Fsp3) is 0.652. The molecule has 0 saturated heterocycles. The second kappa shape index (κ2) is 11.5. The molecular formula is C23H32F4N4O2S. The molecule has 34 heavy (non-hydrogen) atoms. The summed E-state index contributed by atoms with van der Waals surface area (Å²) in [7, 11) is 0. The van der Waals surface area contributed by atoms with Gasteiger partial charge in [0.1, 0.15) is 17.0 Å². The predicted octanol–water partition coefficient (Wildman–Crippen LogP) is 6.37. The quantitative estimate of drug-likeness (QED) is 0.220. The first kappa shape index (κ1) is 28.1. The number of anilines is 1. The van der Waals surface area contributed by atoms with Gasteiger partial charge >= 0.3 is 6.18 Å². The highest BCUT2D eigenvalue weighted by molar-refractivity contribution is 8.03. The lowest BCUT2D eigenvalue weighted by Crippen LogP contribution is -2.43. The topological polar surface area (TPSA) is 83.4 Å². The van der Waals surface area contributed by atoms with Gasteiger partial charge in [-0.3, -0.25) is 4.79 Å². The van der Waals surface area contributed by atoms with Crippen LogP contribution in [-0.2, 0) is 16.7 Å². The molecule has 11 heteroatoms. The van der Waals surface area contributed by atoms with Crippen molar-refractivity contribution < 1.29 is 22.4 Å². The molecule has 0 bridgehead atoms. The van der Waals surface area contributed by atoms with Gasteiger partial charge in [0.25, 0.3) is 5.91 Å². The van der Waals surface area contributed by atoms with Gasteiger partial charge in [0, 0.05) is 18.5 Å². The van der Waals surface area contributed by atoms with Crippen LogP contribution < -0.4 is 10.6 Å². The summed E-state index contributed by atoms with van der Waals surface area (Å²) in [5, 5.41) is 8.38. The first-order valence-corrected chi connectivity index (χ1v) is 12.2. The lowest BCUT2D eigenvalue weighted by molar-refractivity contribution is -0.138. The second-order valence-electron chi connectivity index (χ2n) is 9.30. The van der Waals surface area contributed by atoms with Crippen LogP contribution in [0.15, 0.2) is 28.4 Å². The molecule has 0 aromatic carbocycles. The summed E-state index contributed by atoms with van der Waals surface area (Å²) in [6, 6.07) is 0.297. The Kier molecular flexibility index (Phi) is 9.50. The molecule has 0 radical (unpaired) electrons. The summed E-state index contributed by atoms with van der Waals surface area (Å²) in [5.74, 6) is -0.647. The van der Waals surface area contributed by atoms with Crippen LogP contribution in [0.5, 0.6) is 0 Å². The van der Waals surface area contributed by atoms with Gasteiger partial charge in [-0.15, -0.1) is 11.8 Å². The highest BCUT2D eigenvalue weighted by Gasteiger charge is 2.38. The van der Waals surface area contributed by atoms with Crippen LogP contribution >= 0.6 is 11.8 Å². The third-order valence-corrected chi connectivity index (χ3v) is 6.79. The van der Waals surface area contributed by atoms with Crippen molar-refractivity contribution in [1.29, 1.82) is 0 Å². The number of carbonyl (C=O) groups excluding carboxylic acids is 1. The minimum atomic E-state index is -4.64. The molecule has 2 rings (SSSR count). The van der Waals surface area contributed by atoms with Crippen LogP contribution in [0.1, 0.15) is 70.9 Å². The van der Waals surface area contributed by atoms with Crippen molar-refractivity contribution in [2.24, 2.45) is 5.18 Å². The maximum Gasteiger partial charge on any atom is 0.416 e. The van der Waals surface area contributed by atoms with Gasteiger partial charge in [-0.25, -0.2) is 9.37 Å². The third-order valence-electron chi connectivity index (χ3n) is 5.67. The van der Waals surface area contributed by atoms with Crippen LogP contribution in [0.4, 0.5) is 23.4 Å². The molecule has 1 aliphatic rings. The average Bonchev–Trinajstić information content (AvgIpc) is 2.76. The van der Waals surface area contributed by atoms with Crippen molar-refractivity contribution in [3.05, 3.63) is 39.3 Å². The number of nitrogens with one attached hydrogen (secondary N) is 2. The number of nitrogens with zero attached hydrogens (tertiary/aromatic N) is 2. The maximum absolute atomic E-state index is 14.8. The Morgan fingerprint density at radius 3 is 2.65 bits per heavy atom. The smallest absolute Gasteiger partial charge is 0.364 e. The van der Waals surface area contributed by atoms with Crippen molar-refractivity contribution in [3.63, 3.8) is 0 Å². The summed E-state index contributed by atoms with van der Waals surface area (Å²) in [6.45, 7) is 6.39. The van der Waals surface area contributed by atoms with Crippen molar-refractivity contribution in [2.75, 3.05) is 11.9 Å². The van der Waals surface area contributed by atoms with E-state index in [2.05, 4.69) is 20.8 Å². The molecule has 1 amide bonds. The first-order valence-electron chi connectivity index (χ1n) is 11.3. The van der Waals surface area contributed by atoms with E-state index in [1.165, 1.54) is 6.92 Å². The Balaban J connectivity index is 2.18. The normalized spacial score (nSPS) is 21.8. The van der Waals surface area contributed by atoms with E-state index >= 15 is 0 Å². The van der Waals surface area contributed by atoms with Crippen LogP contribution in [0, 0.1) is 4.91 Å². The van der Waals surface area contributed by atoms with Gasteiger partial charge in [0.15, 0.2) is 0 Å². The highest BCUT2D eigenvalue weighted by atomic mass is 32.2. The molecule has 2 N–H and O–H groups in total. The van der Waals surface area contributed by atoms with Gasteiger partial charge in [-0.2, -0.15) is 18.1 Å². The van der Waals surface area contributed by atoms with Crippen LogP contribution in [0.2, 0.25) is 0 Å². The zero-order valence-corrected chi connectivity index (χ0v) is 20.7. The van der Waals surface area contributed by atoms with E-state index in [1.54, 1.807) is 26.8 Å². The van der Waals surface area contributed by atoms with E-state index in [0.29, 0.717) is 19.3 Å². The Morgan fingerprint density at radius 2 is 2.06 bits per heavy atom. The van der Waals surface area contributed by atoms with E-state index in [9.17, 15) is 27.3 Å². The first-order chi connectivity index (χ1) is 15.8. The number of allylic oxidation sites excluding steroid dienone is 1. The molecule has 1 heterocycles. The van der Waals surface area contributed by atoms with Gasteiger partial charge in [0.2, 0.25) is 0 Å². The molecule has 2 atom stereocenters. The fourth-order valence-electron chi connectivity index (χ4n) is 3.61. The molecule has 190 valence electrons. The monoisotopic (exact) mass is 504 g/mol. The summed E-state index contributed by atoms with van der Waals surface area (Å²) in [5.41, 5.74) is -3.48. The largest absolute Gasteiger partial charge is 0.416 e.